The van der Waals surface area contributed by atoms with Crippen LogP contribution in [-0.4, -0.2) is 34.5 Å². The molecule has 0 saturated carbocycles. The summed E-state index contributed by atoms with van der Waals surface area (Å²) < 4.78 is 2.06. The van der Waals surface area contributed by atoms with Gasteiger partial charge in [0, 0.05) is 21.9 Å². The van der Waals surface area contributed by atoms with E-state index < -0.39 is 0 Å². The second-order valence-corrected chi connectivity index (χ2v) is 9.26. The molecular formula is C30H21N9. The van der Waals surface area contributed by atoms with Crippen molar-refractivity contribution in [3.05, 3.63) is 89.0 Å². The molecule has 3 aromatic heterocycles. The van der Waals surface area contributed by atoms with E-state index in [1.807, 2.05) is 70.2 Å². The summed E-state index contributed by atoms with van der Waals surface area (Å²) >= 11 is 0. The monoisotopic (exact) mass is 507 g/mol. The maximum Gasteiger partial charge on any atom is 0.165 e. The second kappa shape index (κ2) is 9.09. The van der Waals surface area contributed by atoms with Gasteiger partial charge in [-0.25, -0.2) is 29.9 Å². The fraction of sp³-hybridized carbons (Fsp3) is 0.133. The summed E-state index contributed by atoms with van der Waals surface area (Å²) in [6.07, 6.45) is 0. The minimum absolute atomic E-state index is 0.502. The van der Waals surface area contributed by atoms with Crippen molar-refractivity contribution in [2.45, 2.75) is 27.7 Å². The average Bonchev–Trinajstić information content (AvgIpc) is 3.24. The standard InChI is InChI=1S/C30H21N9/c1-16-33-17(2)36-29(35-16)22-7-10-26(25(13-22)30-37-18(3)34-19(4)38-30)39-27-11-20(14-31)5-8-23(27)24-9-6-21(15-32)12-28(24)39/h5-13H,1-4H3. The highest BCUT2D eigenvalue weighted by Gasteiger charge is 2.20. The highest BCUT2D eigenvalue weighted by Crippen LogP contribution is 2.37. The van der Waals surface area contributed by atoms with E-state index in [1.165, 1.54) is 0 Å². The summed E-state index contributed by atoms with van der Waals surface area (Å²) in [6.45, 7) is 7.34. The Morgan fingerprint density at radius 3 is 1.54 bits per heavy atom. The van der Waals surface area contributed by atoms with Crippen LogP contribution in [0.1, 0.15) is 34.4 Å². The van der Waals surface area contributed by atoms with Gasteiger partial charge in [0.1, 0.15) is 23.3 Å². The predicted molar refractivity (Wildman–Crippen MR) is 147 cm³/mol. The van der Waals surface area contributed by atoms with Gasteiger partial charge < -0.3 is 4.57 Å². The third-order valence-electron chi connectivity index (χ3n) is 6.48. The molecule has 0 aliphatic carbocycles. The SMILES string of the molecule is Cc1nc(C)nc(-c2ccc(-n3c4cc(C#N)ccc4c4ccc(C#N)cc43)c(-c3nc(C)nc(C)n3)c2)n1. The van der Waals surface area contributed by atoms with E-state index in [0.717, 1.165) is 38.6 Å². The van der Waals surface area contributed by atoms with Gasteiger partial charge in [0.05, 0.1) is 40.0 Å². The molecule has 0 N–H and O–H groups in total. The number of benzene rings is 3. The summed E-state index contributed by atoms with van der Waals surface area (Å²) in [5.41, 5.74) is 5.05. The van der Waals surface area contributed by atoms with Gasteiger partial charge in [0.15, 0.2) is 11.6 Å². The lowest BCUT2D eigenvalue weighted by Gasteiger charge is -2.15. The van der Waals surface area contributed by atoms with E-state index >= 15 is 0 Å². The maximum atomic E-state index is 9.67. The van der Waals surface area contributed by atoms with Crippen molar-refractivity contribution in [3.63, 3.8) is 0 Å². The lowest BCUT2D eigenvalue weighted by Crippen LogP contribution is -2.05. The second-order valence-electron chi connectivity index (χ2n) is 9.26. The van der Waals surface area contributed by atoms with Crippen LogP contribution in [-0.2, 0) is 0 Å². The number of hydrogen-bond donors (Lipinski definition) is 0. The van der Waals surface area contributed by atoms with Crippen molar-refractivity contribution in [2.75, 3.05) is 0 Å². The Morgan fingerprint density at radius 1 is 0.564 bits per heavy atom. The van der Waals surface area contributed by atoms with Crippen molar-refractivity contribution in [1.29, 1.82) is 10.5 Å². The van der Waals surface area contributed by atoms with Gasteiger partial charge in [-0.2, -0.15) is 10.5 Å². The summed E-state index contributed by atoms with van der Waals surface area (Å²) in [7, 11) is 0. The molecule has 0 saturated heterocycles. The molecule has 9 heteroatoms. The van der Waals surface area contributed by atoms with E-state index in [-0.39, 0.29) is 0 Å². The minimum atomic E-state index is 0.502. The Kier molecular flexibility index (Phi) is 5.55. The number of nitriles is 2. The maximum absolute atomic E-state index is 9.67. The molecule has 9 nitrogen and oxygen atoms in total. The quantitative estimate of drug-likeness (QED) is 0.308. The first-order valence-electron chi connectivity index (χ1n) is 12.3. The number of aryl methyl sites for hydroxylation is 4. The fourth-order valence-corrected chi connectivity index (χ4v) is 4.95. The van der Waals surface area contributed by atoms with Gasteiger partial charge in [-0.15, -0.1) is 0 Å². The zero-order chi connectivity index (χ0) is 27.3. The van der Waals surface area contributed by atoms with Gasteiger partial charge >= 0.3 is 0 Å². The smallest absolute Gasteiger partial charge is 0.165 e. The molecule has 0 fully saturated rings. The third kappa shape index (κ3) is 4.12. The Labute approximate surface area is 224 Å². The van der Waals surface area contributed by atoms with Crippen LogP contribution < -0.4 is 0 Å². The van der Waals surface area contributed by atoms with E-state index in [2.05, 4.69) is 46.6 Å². The Balaban J connectivity index is 1.74. The Morgan fingerprint density at radius 2 is 1.05 bits per heavy atom. The van der Waals surface area contributed by atoms with Crippen LogP contribution in [0.25, 0.3) is 50.3 Å². The number of fused-ring (bicyclic) bond motifs is 3. The van der Waals surface area contributed by atoms with Gasteiger partial charge in [-0.3, -0.25) is 0 Å². The van der Waals surface area contributed by atoms with Gasteiger partial charge in [0.25, 0.3) is 0 Å². The molecule has 0 radical (unpaired) electrons. The molecule has 0 bridgehead atoms. The molecule has 186 valence electrons. The minimum Gasteiger partial charge on any atom is -0.308 e. The van der Waals surface area contributed by atoms with Crippen molar-refractivity contribution < 1.29 is 0 Å². The topological polar surface area (TPSA) is 130 Å². The largest absolute Gasteiger partial charge is 0.308 e. The normalized spacial score (nSPS) is 11.0. The summed E-state index contributed by atoms with van der Waals surface area (Å²) in [5.74, 6) is 3.51. The van der Waals surface area contributed by atoms with E-state index in [4.69, 9.17) is 0 Å². The summed E-state index contributed by atoms with van der Waals surface area (Å²) in [5, 5.41) is 21.3. The molecule has 3 aromatic carbocycles. The van der Waals surface area contributed by atoms with Crippen LogP contribution in [0.2, 0.25) is 0 Å². The van der Waals surface area contributed by atoms with Gasteiger partial charge in [0.2, 0.25) is 0 Å². The molecule has 39 heavy (non-hydrogen) atoms. The molecule has 0 atom stereocenters. The molecular weight excluding hydrogens is 486 g/mol. The molecule has 0 unspecified atom stereocenters. The fourth-order valence-electron chi connectivity index (χ4n) is 4.95. The van der Waals surface area contributed by atoms with Crippen LogP contribution in [0.5, 0.6) is 0 Å². The number of rotatable bonds is 3. The van der Waals surface area contributed by atoms with E-state index in [9.17, 15) is 10.5 Å². The van der Waals surface area contributed by atoms with Crippen molar-refractivity contribution in [2.24, 2.45) is 0 Å². The highest BCUT2D eigenvalue weighted by molar-refractivity contribution is 6.10. The molecule has 0 aliphatic heterocycles. The third-order valence-corrected chi connectivity index (χ3v) is 6.48. The lowest BCUT2D eigenvalue weighted by atomic mass is 10.1. The van der Waals surface area contributed by atoms with Crippen LogP contribution in [0.3, 0.4) is 0 Å². The van der Waals surface area contributed by atoms with Crippen LogP contribution >= 0.6 is 0 Å². The molecule has 0 spiro atoms. The molecule has 0 amide bonds. The number of nitrogens with zero attached hydrogens (tertiary/aromatic N) is 9. The van der Waals surface area contributed by atoms with Gasteiger partial charge in [-0.1, -0.05) is 12.1 Å². The van der Waals surface area contributed by atoms with Gasteiger partial charge in [-0.05, 0) is 70.2 Å². The van der Waals surface area contributed by atoms with Crippen molar-refractivity contribution >= 4 is 21.8 Å². The van der Waals surface area contributed by atoms with E-state index in [0.29, 0.717) is 46.1 Å². The first kappa shape index (κ1) is 23.8. The molecule has 0 aliphatic rings. The van der Waals surface area contributed by atoms with Crippen LogP contribution in [0.15, 0.2) is 54.6 Å². The Bertz CT molecular complexity index is 1930. The number of hydrogen-bond acceptors (Lipinski definition) is 8. The average molecular weight is 508 g/mol. The first-order chi connectivity index (χ1) is 18.8. The molecule has 6 rings (SSSR count). The van der Waals surface area contributed by atoms with Crippen LogP contribution in [0, 0.1) is 50.4 Å². The van der Waals surface area contributed by atoms with E-state index in [1.54, 1.807) is 12.1 Å². The van der Waals surface area contributed by atoms with Crippen molar-refractivity contribution in [3.8, 4) is 40.6 Å². The summed E-state index contributed by atoms with van der Waals surface area (Å²) in [4.78, 5) is 27.2. The summed E-state index contributed by atoms with van der Waals surface area (Å²) in [6, 6.07) is 21.6. The van der Waals surface area contributed by atoms with Crippen LogP contribution in [0.4, 0.5) is 0 Å². The zero-order valence-corrected chi connectivity index (χ0v) is 21.7. The Hall–Kier alpha value is -5.54. The zero-order valence-electron chi connectivity index (χ0n) is 21.7. The molecule has 3 heterocycles. The first-order valence-corrected chi connectivity index (χ1v) is 12.3. The highest BCUT2D eigenvalue weighted by atomic mass is 15.0. The molecule has 6 aromatic rings. The predicted octanol–water partition coefficient (Wildman–Crippen LogP) is 5.46. The van der Waals surface area contributed by atoms with Crippen molar-refractivity contribution in [1.82, 2.24) is 34.5 Å². The lowest BCUT2D eigenvalue weighted by molar-refractivity contribution is 0.924. The number of aromatic nitrogens is 7.